The van der Waals surface area contributed by atoms with Gasteiger partial charge < -0.3 is 4.90 Å². The molecule has 132 valence electrons. The van der Waals surface area contributed by atoms with E-state index < -0.39 is 5.91 Å². The fourth-order valence-corrected chi connectivity index (χ4v) is 2.35. The Kier molecular flexibility index (Phi) is 4.66. The lowest BCUT2D eigenvalue weighted by Crippen LogP contribution is -2.31. The molecule has 3 N–H and O–H groups in total. The highest BCUT2D eigenvalue weighted by atomic mass is 16.2. The van der Waals surface area contributed by atoms with Gasteiger partial charge in [0.25, 0.3) is 11.5 Å². The summed E-state index contributed by atoms with van der Waals surface area (Å²) >= 11 is 0. The topological polar surface area (TPSA) is 107 Å². The molecule has 3 rings (SSSR count). The van der Waals surface area contributed by atoms with Gasteiger partial charge in [-0.2, -0.15) is 0 Å². The Labute approximate surface area is 148 Å². The van der Waals surface area contributed by atoms with E-state index in [0.717, 1.165) is 0 Å². The number of hydrazine groups is 1. The quantitative estimate of drug-likeness (QED) is 0.620. The monoisotopic (exact) mass is 351 g/mol. The molecular weight excluding hydrogens is 334 g/mol. The second-order valence-electron chi connectivity index (χ2n) is 5.64. The van der Waals surface area contributed by atoms with Crippen molar-refractivity contribution in [2.24, 2.45) is 0 Å². The number of nitrogens with one attached hydrogen (secondary N) is 3. The molecule has 1 aromatic heterocycles. The molecule has 0 unspecified atom stereocenters. The van der Waals surface area contributed by atoms with Gasteiger partial charge in [0, 0.05) is 25.2 Å². The van der Waals surface area contributed by atoms with E-state index in [1.54, 1.807) is 55.6 Å². The maximum atomic E-state index is 12.2. The molecule has 1 heterocycles. The minimum absolute atomic E-state index is 0.102. The molecule has 2 amide bonds. The van der Waals surface area contributed by atoms with Gasteiger partial charge in [-0.25, -0.2) is 4.98 Å². The summed E-state index contributed by atoms with van der Waals surface area (Å²) in [6.07, 6.45) is 0. The molecule has 8 heteroatoms. The van der Waals surface area contributed by atoms with Crippen LogP contribution in [0.1, 0.15) is 17.3 Å². The van der Waals surface area contributed by atoms with E-state index in [1.807, 2.05) is 0 Å². The van der Waals surface area contributed by atoms with Crippen molar-refractivity contribution >= 4 is 34.4 Å². The lowest BCUT2D eigenvalue weighted by molar-refractivity contribution is -0.116. The predicted molar refractivity (Wildman–Crippen MR) is 99.0 cm³/mol. The number of carbonyl (C=O) groups is 2. The average molecular weight is 351 g/mol. The van der Waals surface area contributed by atoms with Crippen molar-refractivity contribution in [3.63, 3.8) is 0 Å². The molecule has 2 aromatic carbocycles. The van der Waals surface area contributed by atoms with Crippen LogP contribution in [0.3, 0.4) is 0 Å². The fourth-order valence-electron chi connectivity index (χ4n) is 2.35. The standard InChI is InChI=1S/C18H17N5O3/c1-11(24)23(2)13-9-7-12(8-10-13)16(25)21-22-18-19-15-6-4-3-5-14(15)17(26)20-18/h3-10H,1-2H3,(H,21,25)(H2,19,20,22,26). The summed E-state index contributed by atoms with van der Waals surface area (Å²) in [7, 11) is 1.65. The smallest absolute Gasteiger partial charge is 0.269 e. The van der Waals surface area contributed by atoms with Crippen LogP contribution in [-0.4, -0.2) is 28.8 Å². The molecule has 3 aromatic rings. The lowest BCUT2D eigenvalue weighted by atomic mass is 10.2. The SMILES string of the molecule is CC(=O)N(C)c1ccc(C(=O)NNc2nc3ccccc3c(=O)[nH]2)cc1. The van der Waals surface area contributed by atoms with Crippen LogP contribution in [0, 0.1) is 0 Å². The minimum atomic E-state index is -0.405. The Morgan fingerprint density at radius 1 is 1.08 bits per heavy atom. The Hall–Kier alpha value is -3.68. The fraction of sp³-hybridized carbons (Fsp3) is 0.111. The number of para-hydroxylation sites is 1. The molecule has 26 heavy (non-hydrogen) atoms. The van der Waals surface area contributed by atoms with Crippen LogP contribution in [0.2, 0.25) is 0 Å². The predicted octanol–water partition coefficient (Wildman–Crippen LogP) is 1.66. The zero-order valence-corrected chi connectivity index (χ0v) is 14.2. The molecular formula is C18H17N5O3. The number of anilines is 2. The normalized spacial score (nSPS) is 10.4. The molecule has 0 saturated heterocycles. The van der Waals surface area contributed by atoms with Gasteiger partial charge in [0.2, 0.25) is 11.9 Å². The zero-order valence-electron chi connectivity index (χ0n) is 14.2. The maximum absolute atomic E-state index is 12.2. The largest absolute Gasteiger partial charge is 0.316 e. The number of benzene rings is 2. The van der Waals surface area contributed by atoms with Crippen LogP contribution in [0.25, 0.3) is 10.9 Å². The molecule has 0 spiro atoms. The van der Waals surface area contributed by atoms with Gasteiger partial charge in [0.05, 0.1) is 10.9 Å². The zero-order chi connectivity index (χ0) is 18.7. The third-order valence-electron chi connectivity index (χ3n) is 3.90. The molecule has 0 aliphatic carbocycles. The van der Waals surface area contributed by atoms with Gasteiger partial charge in [-0.1, -0.05) is 12.1 Å². The van der Waals surface area contributed by atoms with E-state index in [2.05, 4.69) is 20.8 Å². The number of hydrogen-bond donors (Lipinski definition) is 3. The van der Waals surface area contributed by atoms with Gasteiger partial charge in [-0.15, -0.1) is 0 Å². The Morgan fingerprint density at radius 2 is 1.77 bits per heavy atom. The van der Waals surface area contributed by atoms with Crippen molar-refractivity contribution in [1.29, 1.82) is 0 Å². The Morgan fingerprint density at radius 3 is 2.46 bits per heavy atom. The van der Waals surface area contributed by atoms with E-state index in [-0.39, 0.29) is 17.4 Å². The van der Waals surface area contributed by atoms with Crippen molar-refractivity contribution in [3.8, 4) is 0 Å². The Balaban J connectivity index is 1.71. The van der Waals surface area contributed by atoms with Crippen molar-refractivity contribution in [3.05, 3.63) is 64.4 Å². The minimum Gasteiger partial charge on any atom is -0.316 e. The van der Waals surface area contributed by atoms with Crippen molar-refractivity contribution in [1.82, 2.24) is 15.4 Å². The number of amides is 2. The molecule has 0 bridgehead atoms. The summed E-state index contributed by atoms with van der Waals surface area (Å²) in [6.45, 7) is 1.46. The number of hydrogen-bond acceptors (Lipinski definition) is 5. The summed E-state index contributed by atoms with van der Waals surface area (Å²) in [6, 6.07) is 13.5. The van der Waals surface area contributed by atoms with E-state index in [4.69, 9.17) is 0 Å². The summed E-state index contributed by atoms with van der Waals surface area (Å²) in [5.41, 5.74) is 6.37. The third-order valence-corrected chi connectivity index (χ3v) is 3.90. The van der Waals surface area contributed by atoms with Crippen molar-refractivity contribution in [2.75, 3.05) is 17.4 Å². The maximum Gasteiger partial charge on any atom is 0.269 e. The van der Waals surface area contributed by atoms with E-state index in [1.165, 1.54) is 11.8 Å². The Bertz CT molecular complexity index is 1030. The number of nitrogens with zero attached hydrogens (tertiary/aromatic N) is 2. The van der Waals surface area contributed by atoms with Crippen molar-refractivity contribution < 1.29 is 9.59 Å². The number of carbonyl (C=O) groups excluding carboxylic acids is 2. The first-order chi connectivity index (χ1) is 12.5. The second kappa shape index (κ2) is 7.06. The van der Waals surface area contributed by atoms with Gasteiger partial charge in [-0.3, -0.25) is 30.2 Å². The molecule has 0 aliphatic heterocycles. The number of rotatable bonds is 4. The lowest BCUT2D eigenvalue weighted by Gasteiger charge is -2.15. The first-order valence-electron chi connectivity index (χ1n) is 7.85. The van der Waals surface area contributed by atoms with Crippen LogP contribution in [0.4, 0.5) is 11.6 Å². The summed E-state index contributed by atoms with van der Waals surface area (Å²) < 4.78 is 0. The summed E-state index contributed by atoms with van der Waals surface area (Å²) in [5, 5.41) is 0.467. The highest BCUT2D eigenvalue weighted by Crippen LogP contribution is 2.14. The van der Waals surface area contributed by atoms with E-state index >= 15 is 0 Å². The van der Waals surface area contributed by atoms with Gasteiger partial charge >= 0.3 is 0 Å². The van der Waals surface area contributed by atoms with E-state index in [9.17, 15) is 14.4 Å². The van der Waals surface area contributed by atoms with Crippen LogP contribution in [0.15, 0.2) is 53.3 Å². The first kappa shape index (κ1) is 17.2. The summed E-state index contributed by atoms with van der Waals surface area (Å²) in [5.74, 6) is -0.372. The average Bonchev–Trinajstić information content (AvgIpc) is 2.65. The number of fused-ring (bicyclic) bond motifs is 1. The highest BCUT2D eigenvalue weighted by molar-refractivity contribution is 5.96. The molecule has 0 radical (unpaired) electrons. The summed E-state index contributed by atoms with van der Waals surface area (Å²) in [4.78, 5) is 43.8. The van der Waals surface area contributed by atoms with Crippen LogP contribution in [-0.2, 0) is 4.79 Å². The number of aromatic nitrogens is 2. The second-order valence-corrected chi connectivity index (χ2v) is 5.64. The van der Waals surface area contributed by atoms with Gasteiger partial charge in [0.15, 0.2) is 0 Å². The number of H-pyrrole nitrogens is 1. The first-order valence-corrected chi connectivity index (χ1v) is 7.85. The molecule has 0 saturated carbocycles. The molecule has 8 nitrogen and oxygen atoms in total. The van der Waals surface area contributed by atoms with Crippen molar-refractivity contribution in [2.45, 2.75) is 6.92 Å². The van der Waals surface area contributed by atoms with Crippen LogP contribution >= 0.6 is 0 Å². The highest BCUT2D eigenvalue weighted by Gasteiger charge is 2.09. The van der Waals surface area contributed by atoms with Crippen LogP contribution in [0.5, 0.6) is 0 Å². The molecule has 0 aliphatic rings. The number of aromatic amines is 1. The van der Waals surface area contributed by atoms with Crippen LogP contribution < -0.4 is 21.3 Å². The van der Waals surface area contributed by atoms with E-state index in [0.29, 0.717) is 22.2 Å². The third kappa shape index (κ3) is 3.54. The van der Waals surface area contributed by atoms with Gasteiger partial charge in [-0.05, 0) is 36.4 Å². The molecule has 0 atom stereocenters. The van der Waals surface area contributed by atoms with Gasteiger partial charge in [0.1, 0.15) is 0 Å². The molecule has 0 fully saturated rings.